The molecule has 0 saturated heterocycles. The molecule has 5 nitrogen and oxygen atoms in total. The first-order chi connectivity index (χ1) is 11.8. The Morgan fingerprint density at radius 2 is 1.84 bits per heavy atom. The van der Waals surface area contributed by atoms with Crippen molar-refractivity contribution in [3.63, 3.8) is 0 Å². The van der Waals surface area contributed by atoms with Crippen LogP contribution in [-0.4, -0.2) is 22.1 Å². The minimum Gasteiger partial charge on any atom is -0.347 e. The molecule has 1 aromatic carbocycles. The molecule has 25 heavy (non-hydrogen) atoms. The van der Waals surface area contributed by atoms with E-state index in [2.05, 4.69) is 15.3 Å². The molecule has 2 aromatic rings. The topological polar surface area (TPSA) is 74.8 Å². The van der Waals surface area contributed by atoms with Crippen LogP contribution in [0.5, 0.6) is 0 Å². The third-order valence-corrected chi connectivity index (χ3v) is 3.84. The van der Waals surface area contributed by atoms with Crippen LogP contribution in [-0.2, 0) is 13.0 Å². The van der Waals surface area contributed by atoms with Crippen molar-refractivity contribution in [3.05, 3.63) is 63.3 Å². The van der Waals surface area contributed by atoms with Gasteiger partial charge in [-0.25, -0.2) is 4.98 Å². The van der Waals surface area contributed by atoms with Crippen LogP contribution in [0.2, 0.25) is 0 Å². The molecular formula is C17H16F3N3O2. The van der Waals surface area contributed by atoms with Gasteiger partial charge < -0.3 is 10.3 Å². The Bertz CT molecular complexity index is 824. The summed E-state index contributed by atoms with van der Waals surface area (Å²) in [5, 5.41) is 2.62. The van der Waals surface area contributed by atoms with Crippen LogP contribution in [0.15, 0.2) is 35.1 Å². The molecule has 1 aliphatic rings. The Balaban J connectivity index is 1.61. The van der Waals surface area contributed by atoms with Crippen LogP contribution in [0.25, 0.3) is 0 Å². The van der Waals surface area contributed by atoms with E-state index in [0.29, 0.717) is 11.4 Å². The lowest BCUT2D eigenvalue weighted by Gasteiger charge is -2.08. The molecule has 132 valence electrons. The van der Waals surface area contributed by atoms with Crippen molar-refractivity contribution in [2.24, 2.45) is 0 Å². The highest BCUT2D eigenvalue weighted by molar-refractivity contribution is 5.92. The van der Waals surface area contributed by atoms with E-state index in [1.54, 1.807) is 0 Å². The number of rotatable bonds is 5. The molecule has 1 amide bonds. The van der Waals surface area contributed by atoms with E-state index in [4.69, 9.17) is 0 Å². The molecule has 0 atom stereocenters. The molecule has 0 spiro atoms. The number of carbonyl (C=O) groups excluding carboxylic acids is 1. The molecule has 3 rings (SSSR count). The lowest BCUT2D eigenvalue weighted by Crippen LogP contribution is -2.26. The monoisotopic (exact) mass is 351 g/mol. The zero-order chi connectivity index (χ0) is 18.0. The number of H-pyrrole nitrogens is 1. The van der Waals surface area contributed by atoms with Crippen molar-refractivity contribution in [2.45, 2.75) is 37.9 Å². The zero-order valence-electron chi connectivity index (χ0n) is 13.2. The minimum atomic E-state index is -4.25. The highest BCUT2D eigenvalue weighted by atomic mass is 19.4. The van der Waals surface area contributed by atoms with Gasteiger partial charge >= 0.3 is 6.18 Å². The number of hydrogen-bond donors (Lipinski definition) is 2. The fourth-order valence-corrected chi connectivity index (χ4v) is 2.42. The van der Waals surface area contributed by atoms with Crippen molar-refractivity contribution >= 4 is 5.91 Å². The molecule has 1 fully saturated rings. The maximum atomic E-state index is 12.3. The molecule has 0 aliphatic heterocycles. The Morgan fingerprint density at radius 1 is 1.20 bits per heavy atom. The summed E-state index contributed by atoms with van der Waals surface area (Å²) in [5.74, 6) is 0.239. The largest absolute Gasteiger partial charge is 0.393 e. The van der Waals surface area contributed by atoms with Gasteiger partial charge in [-0.15, -0.1) is 0 Å². The normalized spacial score (nSPS) is 14.4. The van der Waals surface area contributed by atoms with E-state index in [-0.39, 0.29) is 29.3 Å². The highest BCUT2D eigenvalue weighted by Gasteiger charge is 2.28. The molecule has 8 heteroatoms. The second-order valence-electron chi connectivity index (χ2n) is 6.08. The fourth-order valence-electron chi connectivity index (χ4n) is 2.42. The van der Waals surface area contributed by atoms with Crippen LogP contribution in [0.4, 0.5) is 13.2 Å². The molecule has 0 unspecified atom stereocenters. The third kappa shape index (κ3) is 4.91. The quantitative estimate of drug-likeness (QED) is 0.870. The second kappa shape index (κ2) is 6.70. The van der Waals surface area contributed by atoms with Crippen molar-refractivity contribution in [1.29, 1.82) is 0 Å². The number of halogens is 3. The van der Waals surface area contributed by atoms with E-state index < -0.39 is 18.5 Å². The SMILES string of the molecule is O=C(NCc1ccc(CC(F)(F)F)cc1)c1cc(=O)[nH]c(C2CC2)n1. The van der Waals surface area contributed by atoms with Crippen LogP contribution < -0.4 is 10.9 Å². The van der Waals surface area contributed by atoms with Gasteiger partial charge in [-0.2, -0.15) is 13.2 Å². The highest BCUT2D eigenvalue weighted by Crippen LogP contribution is 2.37. The number of aromatic nitrogens is 2. The summed E-state index contributed by atoms with van der Waals surface area (Å²) in [5.41, 5.74) is 0.484. The molecule has 0 radical (unpaired) electrons. The first-order valence-corrected chi connectivity index (χ1v) is 7.84. The maximum Gasteiger partial charge on any atom is 0.393 e. The molecule has 1 heterocycles. The predicted octanol–water partition coefficient (Wildman–Crippen LogP) is 2.68. The molecule has 1 aromatic heterocycles. The average molecular weight is 351 g/mol. The van der Waals surface area contributed by atoms with Gasteiger partial charge in [-0.05, 0) is 24.0 Å². The average Bonchev–Trinajstić information content (AvgIpc) is 3.37. The molecule has 1 aliphatic carbocycles. The second-order valence-corrected chi connectivity index (χ2v) is 6.08. The van der Waals surface area contributed by atoms with Gasteiger partial charge in [0.25, 0.3) is 11.5 Å². The Hall–Kier alpha value is -2.64. The van der Waals surface area contributed by atoms with Gasteiger partial charge in [0.05, 0.1) is 6.42 Å². The maximum absolute atomic E-state index is 12.3. The fraction of sp³-hybridized carbons (Fsp3) is 0.353. The summed E-state index contributed by atoms with van der Waals surface area (Å²) in [6.07, 6.45) is -3.35. The Kier molecular flexibility index (Phi) is 4.61. The first-order valence-electron chi connectivity index (χ1n) is 7.84. The van der Waals surface area contributed by atoms with Crippen LogP contribution >= 0.6 is 0 Å². The number of hydrogen-bond acceptors (Lipinski definition) is 3. The molecular weight excluding hydrogens is 335 g/mol. The standard InChI is InChI=1S/C17H16F3N3O2/c18-17(19,20)8-10-1-3-11(4-2-10)9-21-16(25)13-7-14(24)23-15(22-13)12-5-6-12/h1-4,7,12H,5-6,8-9H2,(H,21,25)(H,22,23,24). The number of nitrogens with zero attached hydrogens (tertiary/aromatic N) is 1. The molecule has 0 bridgehead atoms. The number of nitrogens with one attached hydrogen (secondary N) is 2. The van der Waals surface area contributed by atoms with E-state index >= 15 is 0 Å². The van der Waals surface area contributed by atoms with Gasteiger partial charge in [0.2, 0.25) is 0 Å². The van der Waals surface area contributed by atoms with Crippen molar-refractivity contribution in [2.75, 3.05) is 0 Å². The summed E-state index contributed by atoms with van der Waals surface area (Å²) in [7, 11) is 0. The van der Waals surface area contributed by atoms with Crippen LogP contribution in [0.3, 0.4) is 0 Å². The Morgan fingerprint density at radius 3 is 2.44 bits per heavy atom. The van der Waals surface area contributed by atoms with E-state index in [1.165, 1.54) is 24.3 Å². The molecule has 1 saturated carbocycles. The van der Waals surface area contributed by atoms with E-state index in [9.17, 15) is 22.8 Å². The summed E-state index contributed by atoms with van der Waals surface area (Å²) in [6.45, 7) is 0.137. The van der Waals surface area contributed by atoms with Crippen molar-refractivity contribution in [3.8, 4) is 0 Å². The predicted molar refractivity (Wildman–Crippen MR) is 84.2 cm³/mol. The minimum absolute atomic E-state index is 0.0411. The lowest BCUT2D eigenvalue weighted by atomic mass is 10.1. The third-order valence-electron chi connectivity index (χ3n) is 3.84. The Labute approximate surface area is 141 Å². The summed E-state index contributed by atoms with van der Waals surface area (Å²) in [6, 6.07) is 6.95. The smallest absolute Gasteiger partial charge is 0.347 e. The summed E-state index contributed by atoms with van der Waals surface area (Å²) < 4.78 is 37.0. The number of alkyl halides is 3. The van der Waals surface area contributed by atoms with Gasteiger partial charge in [-0.1, -0.05) is 24.3 Å². The first kappa shape index (κ1) is 17.2. The van der Waals surface area contributed by atoms with Gasteiger partial charge in [0.1, 0.15) is 11.5 Å². The van der Waals surface area contributed by atoms with E-state index in [0.717, 1.165) is 18.9 Å². The van der Waals surface area contributed by atoms with E-state index in [1.807, 2.05) is 0 Å². The van der Waals surface area contributed by atoms with Crippen molar-refractivity contribution in [1.82, 2.24) is 15.3 Å². The van der Waals surface area contributed by atoms with Crippen LogP contribution in [0.1, 0.15) is 46.2 Å². The lowest BCUT2D eigenvalue weighted by molar-refractivity contribution is -0.127. The number of benzene rings is 1. The summed E-state index contributed by atoms with van der Waals surface area (Å²) >= 11 is 0. The van der Waals surface area contributed by atoms with Crippen molar-refractivity contribution < 1.29 is 18.0 Å². The summed E-state index contributed by atoms with van der Waals surface area (Å²) in [4.78, 5) is 30.5. The van der Waals surface area contributed by atoms with Gasteiger partial charge in [-0.3, -0.25) is 9.59 Å². The van der Waals surface area contributed by atoms with Gasteiger partial charge in [0, 0.05) is 18.5 Å². The van der Waals surface area contributed by atoms with Gasteiger partial charge in [0.15, 0.2) is 0 Å². The zero-order valence-corrected chi connectivity index (χ0v) is 13.2. The molecule has 2 N–H and O–H groups in total. The van der Waals surface area contributed by atoms with Crippen LogP contribution in [0, 0.1) is 0 Å². The number of carbonyl (C=O) groups is 1. The number of aromatic amines is 1. The number of amides is 1.